The average molecular weight is 284 g/mol. The second-order valence-electron chi connectivity index (χ2n) is 5.00. The van der Waals surface area contributed by atoms with E-state index in [1.807, 2.05) is 32.0 Å². The van der Waals surface area contributed by atoms with E-state index < -0.39 is 5.97 Å². The monoisotopic (exact) mass is 284 g/mol. The number of halogens is 1. The first kappa shape index (κ1) is 15.0. The summed E-state index contributed by atoms with van der Waals surface area (Å²) in [5, 5.41) is 0. The number of hydrogen-bond acceptors (Lipinski definition) is 2. The van der Waals surface area contributed by atoms with Crippen LogP contribution in [0, 0.1) is 5.82 Å². The second kappa shape index (κ2) is 6.84. The van der Waals surface area contributed by atoms with Crippen LogP contribution in [0.4, 0.5) is 4.39 Å². The fraction of sp³-hybridized carbons (Fsp3) is 0.167. The number of ether oxygens (including phenoxy) is 1. The zero-order valence-corrected chi connectivity index (χ0v) is 12.0. The van der Waals surface area contributed by atoms with Crippen molar-refractivity contribution < 1.29 is 13.9 Å². The maximum absolute atomic E-state index is 12.8. The van der Waals surface area contributed by atoms with Gasteiger partial charge in [0.1, 0.15) is 11.6 Å². The Kier molecular flexibility index (Phi) is 4.88. The number of para-hydroxylation sites is 1. The molecule has 0 aliphatic carbocycles. The molecule has 0 N–H and O–H groups in total. The maximum atomic E-state index is 12.8. The van der Waals surface area contributed by atoms with Gasteiger partial charge >= 0.3 is 5.97 Å². The van der Waals surface area contributed by atoms with E-state index >= 15 is 0 Å². The van der Waals surface area contributed by atoms with Gasteiger partial charge in [-0.3, -0.25) is 0 Å². The molecule has 0 spiro atoms. The number of carbonyl (C=O) groups is 1. The normalized spacial score (nSPS) is 11.0. The Morgan fingerprint density at radius 2 is 1.76 bits per heavy atom. The first-order chi connectivity index (χ1) is 10.1. The third-order valence-electron chi connectivity index (χ3n) is 3.03. The van der Waals surface area contributed by atoms with E-state index in [-0.39, 0.29) is 11.7 Å². The zero-order valence-electron chi connectivity index (χ0n) is 12.0. The number of rotatable bonds is 4. The molecular weight excluding hydrogens is 267 g/mol. The van der Waals surface area contributed by atoms with Crippen LogP contribution in [-0.4, -0.2) is 5.97 Å². The third-order valence-corrected chi connectivity index (χ3v) is 3.03. The van der Waals surface area contributed by atoms with Gasteiger partial charge < -0.3 is 4.74 Å². The minimum absolute atomic E-state index is 0.273. The van der Waals surface area contributed by atoms with Gasteiger partial charge in [0.2, 0.25) is 0 Å². The summed E-state index contributed by atoms with van der Waals surface area (Å²) in [5.74, 6) is 0.0874. The molecule has 108 valence electrons. The van der Waals surface area contributed by atoms with Crippen molar-refractivity contribution in [2.75, 3.05) is 0 Å². The molecular formula is C18H17FO2. The molecule has 2 rings (SSSR count). The quantitative estimate of drug-likeness (QED) is 0.467. The fourth-order valence-corrected chi connectivity index (χ4v) is 1.93. The van der Waals surface area contributed by atoms with Gasteiger partial charge in [-0.2, -0.15) is 0 Å². The third kappa shape index (κ3) is 4.28. The molecule has 2 nitrogen and oxygen atoms in total. The summed E-state index contributed by atoms with van der Waals surface area (Å²) >= 11 is 0. The van der Waals surface area contributed by atoms with Crippen LogP contribution < -0.4 is 4.74 Å². The minimum Gasteiger partial charge on any atom is -0.423 e. The van der Waals surface area contributed by atoms with Crippen molar-refractivity contribution in [3.8, 4) is 5.75 Å². The van der Waals surface area contributed by atoms with E-state index in [0.29, 0.717) is 5.75 Å². The highest BCUT2D eigenvalue weighted by molar-refractivity contribution is 5.88. The van der Waals surface area contributed by atoms with Crippen LogP contribution >= 0.6 is 0 Å². The topological polar surface area (TPSA) is 26.3 Å². The summed E-state index contributed by atoms with van der Waals surface area (Å²) < 4.78 is 18.1. The van der Waals surface area contributed by atoms with E-state index in [1.54, 1.807) is 24.3 Å². The Labute approximate surface area is 123 Å². The van der Waals surface area contributed by atoms with Gasteiger partial charge in [0.15, 0.2) is 0 Å². The summed E-state index contributed by atoms with van der Waals surface area (Å²) in [6.45, 7) is 4.09. The lowest BCUT2D eigenvalue weighted by atomic mass is 10.0. The summed E-state index contributed by atoms with van der Waals surface area (Å²) in [4.78, 5) is 11.8. The predicted octanol–water partition coefficient (Wildman–Crippen LogP) is 4.57. The van der Waals surface area contributed by atoms with Gasteiger partial charge in [0.05, 0.1) is 0 Å². The van der Waals surface area contributed by atoms with E-state index in [1.165, 1.54) is 18.2 Å². The molecule has 0 saturated carbocycles. The van der Waals surface area contributed by atoms with Crippen molar-refractivity contribution in [2.24, 2.45) is 0 Å². The highest BCUT2D eigenvalue weighted by atomic mass is 19.1. The van der Waals surface area contributed by atoms with E-state index in [0.717, 1.165) is 11.1 Å². The summed E-state index contributed by atoms with van der Waals surface area (Å²) in [5.41, 5.74) is 1.73. The molecule has 2 aromatic carbocycles. The Bertz CT molecular complexity index is 643. The molecule has 0 aliphatic heterocycles. The lowest BCUT2D eigenvalue weighted by Crippen LogP contribution is -2.06. The smallest absolute Gasteiger partial charge is 0.336 e. The summed E-state index contributed by atoms with van der Waals surface area (Å²) in [7, 11) is 0. The largest absolute Gasteiger partial charge is 0.423 e. The average Bonchev–Trinajstić information content (AvgIpc) is 2.47. The molecule has 0 atom stereocenters. The lowest BCUT2D eigenvalue weighted by molar-refractivity contribution is -0.128. The highest BCUT2D eigenvalue weighted by Gasteiger charge is 2.09. The van der Waals surface area contributed by atoms with Gasteiger partial charge in [0.25, 0.3) is 0 Å². The molecule has 3 heteroatoms. The van der Waals surface area contributed by atoms with E-state index in [9.17, 15) is 9.18 Å². The lowest BCUT2D eigenvalue weighted by Gasteiger charge is -2.11. The summed E-state index contributed by atoms with van der Waals surface area (Å²) in [6, 6.07) is 13.4. The van der Waals surface area contributed by atoms with Gasteiger partial charge in [-0.05, 0) is 41.3 Å². The van der Waals surface area contributed by atoms with E-state index in [4.69, 9.17) is 4.74 Å². The fourth-order valence-electron chi connectivity index (χ4n) is 1.93. The predicted molar refractivity (Wildman–Crippen MR) is 81.6 cm³/mol. The van der Waals surface area contributed by atoms with Crippen LogP contribution in [0.25, 0.3) is 6.08 Å². The number of benzene rings is 2. The van der Waals surface area contributed by atoms with Crippen LogP contribution in [0.5, 0.6) is 5.75 Å². The minimum atomic E-state index is -0.451. The first-order valence-electron chi connectivity index (χ1n) is 6.80. The maximum Gasteiger partial charge on any atom is 0.336 e. The van der Waals surface area contributed by atoms with Crippen molar-refractivity contribution >= 4 is 12.0 Å². The Morgan fingerprint density at radius 1 is 1.10 bits per heavy atom. The standard InChI is InChI=1S/C18H17FO2/c1-13(2)16-5-3-4-6-17(16)21-18(20)12-9-14-7-10-15(19)11-8-14/h3-13H,1-2H3/b12-9+. The van der Waals surface area contributed by atoms with Gasteiger partial charge in [-0.15, -0.1) is 0 Å². The second-order valence-corrected chi connectivity index (χ2v) is 5.00. The van der Waals surface area contributed by atoms with Crippen LogP contribution in [0.2, 0.25) is 0 Å². The Morgan fingerprint density at radius 3 is 2.43 bits per heavy atom. The SMILES string of the molecule is CC(C)c1ccccc1OC(=O)/C=C/c1ccc(F)cc1. The first-order valence-corrected chi connectivity index (χ1v) is 6.80. The van der Waals surface area contributed by atoms with Crippen molar-refractivity contribution in [1.82, 2.24) is 0 Å². The van der Waals surface area contributed by atoms with Gasteiger partial charge in [0, 0.05) is 6.08 Å². The summed E-state index contributed by atoms with van der Waals surface area (Å²) in [6.07, 6.45) is 2.93. The van der Waals surface area contributed by atoms with Gasteiger partial charge in [-0.25, -0.2) is 9.18 Å². The van der Waals surface area contributed by atoms with E-state index in [2.05, 4.69) is 0 Å². The molecule has 0 bridgehead atoms. The molecule has 0 radical (unpaired) electrons. The molecule has 0 unspecified atom stereocenters. The number of hydrogen-bond donors (Lipinski definition) is 0. The molecule has 2 aromatic rings. The van der Waals surface area contributed by atoms with Crippen LogP contribution in [0.1, 0.15) is 30.9 Å². The Balaban J connectivity index is 2.07. The van der Waals surface area contributed by atoms with Crippen LogP contribution in [0.15, 0.2) is 54.6 Å². The van der Waals surface area contributed by atoms with Crippen molar-refractivity contribution in [3.05, 3.63) is 71.6 Å². The van der Waals surface area contributed by atoms with Crippen LogP contribution in [0.3, 0.4) is 0 Å². The van der Waals surface area contributed by atoms with Crippen molar-refractivity contribution in [1.29, 1.82) is 0 Å². The highest BCUT2D eigenvalue weighted by Crippen LogP contribution is 2.26. The number of carbonyl (C=O) groups excluding carboxylic acids is 1. The molecule has 0 heterocycles. The van der Waals surface area contributed by atoms with Crippen LogP contribution in [-0.2, 0) is 4.79 Å². The molecule has 0 aromatic heterocycles. The molecule has 21 heavy (non-hydrogen) atoms. The number of esters is 1. The van der Waals surface area contributed by atoms with Crippen molar-refractivity contribution in [2.45, 2.75) is 19.8 Å². The molecule has 0 saturated heterocycles. The molecule has 0 aliphatic rings. The Hall–Kier alpha value is -2.42. The van der Waals surface area contributed by atoms with Gasteiger partial charge in [-0.1, -0.05) is 44.2 Å². The zero-order chi connectivity index (χ0) is 15.2. The van der Waals surface area contributed by atoms with Crippen molar-refractivity contribution in [3.63, 3.8) is 0 Å². The molecule has 0 amide bonds. The molecule has 0 fully saturated rings.